The van der Waals surface area contributed by atoms with E-state index in [1.807, 2.05) is 37.3 Å². The summed E-state index contributed by atoms with van der Waals surface area (Å²) in [5, 5.41) is 10.2. The molecule has 0 N–H and O–H groups in total. The fraction of sp³-hybridized carbons (Fsp3) is 0.190. The van der Waals surface area contributed by atoms with Gasteiger partial charge >= 0.3 is 5.97 Å². The molecule has 0 fully saturated rings. The Kier molecular flexibility index (Phi) is 5.94. The predicted octanol–water partition coefficient (Wildman–Crippen LogP) is 4.84. The van der Waals surface area contributed by atoms with Crippen LogP contribution in [0.5, 0.6) is 0 Å². The van der Waals surface area contributed by atoms with Crippen molar-refractivity contribution >= 4 is 17.7 Å². The first-order valence-electron chi connectivity index (χ1n) is 8.47. The first-order valence-corrected chi connectivity index (χ1v) is 9.45. The van der Waals surface area contributed by atoms with Gasteiger partial charge in [-0.3, -0.25) is 4.79 Å². The average molecular weight is 378 g/mol. The molecule has 27 heavy (non-hydrogen) atoms. The number of furan rings is 1. The number of esters is 1. The van der Waals surface area contributed by atoms with Crippen LogP contribution in [-0.2, 0) is 9.53 Å². The van der Waals surface area contributed by atoms with Gasteiger partial charge in [0.25, 0.3) is 0 Å². The minimum absolute atomic E-state index is 0.0878. The van der Waals surface area contributed by atoms with Gasteiger partial charge < -0.3 is 9.15 Å². The van der Waals surface area contributed by atoms with Crippen molar-refractivity contribution in [2.45, 2.75) is 18.9 Å². The Labute approximate surface area is 162 Å². The Hall–Kier alpha value is -3.04. The number of hydrogen-bond acceptors (Lipinski definition) is 6. The van der Waals surface area contributed by atoms with E-state index in [2.05, 4.69) is 11.1 Å². The lowest BCUT2D eigenvalue weighted by Crippen LogP contribution is -2.07. The summed E-state index contributed by atoms with van der Waals surface area (Å²) in [6.45, 7) is 4.10. The maximum Gasteiger partial charge on any atom is 0.316 e. The lowest BCUT2D eigenvalue weighted by atomic mass is 10.0. The van der Waals surface area contributed by atoms with E-state index in [-0.39, 0.29) is 11.7 Å². The molecule has 2 heterocycles. The molecule has 0 radical (unpaired) electrons. The number of aromatic nitrogens is 1. The third-order valence-corrected chi connectivity index (χ3v) is 4.81. The van der Waals surface area contributed by atoms with E-state index in [1.165, 1.54) is 11.8 Å². The van der Waals surface area contributed by atoms with E-state index < -0.39 is 0 Å². The number of aryl methyl sites for hydroxylation is 1. The van der Waals surface area contributed by atoms with Crippen LogP contribution in [0.25, 0.3) is 22.6 Å². The highest BCUT2D eigenvalue weighted by Gasteiger charge is 2.18. The average Bonchev–Trinajstić information content (AvgIpc) is 3.21. The maximum atomic E-state index is 11.7. The number of nitrogens with zero attached hydrogens (tertiary/aromatic N) is 2. The SMILES string of the molecule is CCOC(=O)CSc1nc(-c2ccc(C)cc2)cc(-c2ccco2)c1C#N. The standard InChI is InChI=1S/C21H18N2O3S/c1-3-25-20(24)13-27-21-17(12-22)16(19-5-4-10-26-19)11-18(23-21)15-8-6-14(2)7-9-15/h4-11H,3,13H2,1-2H3. The van der Waals surface area contributed by atoms with Crippen LogP contribution in [-0.4, -0.2) is 23.3 Å². The number of carbonyl (C=O) groups excluding carboxylic acids is 1. The Balaban J connectivity index is 2.08. The molecule has 3 rings (SSSR count). The van der Waals surface area contributed by atoms with Gasteiger partial charge in [-0.15, -0.1) is 0 Å². The van der Waals surface area contributed by atoms with Crippen molar-refractivity contribution in [3.05, 3.63) is 59.9 Å². The lowest BCUT2D eigenvalue weighted by Gasteiger charge is -2.11. The highest BCUT2D eigenvalue weighted by molar-refractivity contribution is 7.99. The minimum atomic E-state index is -0.339. The number of benzene rings is 1. The van der Waals surface area contributed by atoms with Gasteiger partial charge in [-0.1, -0.05) is 41.6 Å². The van der Waals surface area contributed by atoms with E-state index >= 15 is 0 Å². The van der Waals surface area contributed by atoms with Gasteiger partial charge in [0.1, 0.15) is 16.9 Å². The second-order valence-corrected chi connectivity index (χ2v) is 6.75. The van der Waals surface area contributed by atoms with Crippen LogP contribution in [0.4, 0.5) is 0 Å². The monoisotopic (exact) mass is 378 g/mol. The molecule has 6 heteroatoms. The summed E-state index contributed by atoms with van der Waals surface area (Å²) in [5.41, 5.74) is 3.83. The van der Waals surface area contributed by atoms with Crippen molar-refractivity contribution in [2.75, 3.05) is 12.4 Å². The number of carbonyl (C=O) groups is 1. The Bertz CT molecular complexity index is 974. The third-order valence-electron chi connectivity index (χ3n) is 3.86. The van der Waals surface area contributed by atoms with Crippen LogP contribution < -0.4 is 0 Å². The fourth-order valence-electron chi connectivity index (χ4n) is 2.56. The van der Waals surface area contributed by atoms with Gasteiger partial charge in [0.15, 0.2) is 0 Å². The van der Waals surface area contributed by atoms with Crippen LogP contribution in [0.1, 0.15) is 18.1 Å². The highest BCUT2D eigenvalue weighted by atomic mass is 32.2. The summed E-state index contributed by atoms with van der Waals surface area (Å²) in [5.74, 6) is 0.332. The molecule has 2 aromatic heterocycles. The van der Waals surface area contributed by atoms with E-state index in [4.69, 9.17) is 9.15 Å². The van der Waals surface area contributed by atoms with Gasteiger partial charge in [-0.2, -0.15) is 5.26 Å². The second-order valence-electron chi connectivity index (χ2n) is 5.78. The quantitative estimate of drug-likeness (QED) is 0.451. The summed E-state index contributed by atoms with van der Waals surface area (Å²) in [4.78, 5) is 16.4. The largest absolute Gasteiger partial charge is 0.465 e. The van der Waals surface area contributed by atoms with E-state index in [0.717, 1.165) is 11.1 Å². The second kappa shape index (κ2) is 8.56. The molecular weight excluding hydrogens is 360 g/mol. The molecule has 0 saturated carbocycles. The van der Waals surface area contributed by atoms with Gasteiger partial charge in [0.05, 0.1) is 29.9 Å². The van der Waals surface area contributed by atoms with Gasteiger partial charge in [-0.25, -0.2) is 4.98 Å². The predicted molar refractivity (Wildman–Crippen MR) is 104 cm³/mol. The van der Waals surface area contributed by atoms with Crippen molar-refractivity contribution in [3.8, 4) is 28.7 Å². The number of hydrogen-bond donors (Lipinski definition) is 0. The first-order chi connectivity index (χ1) is 13.1. The first kappa shape index (κ1) is 18.7. The smallest absolute Gasteiger partial charge is 0.316 e. The van der Waals surface area contributed by atoms with Crippen molar-refractivity contribution in [2.24, 2.45) is 0 Å². The van der Waals surface area contributed by atoms with Crippen LogP contribution >= 0.6 is 11.8 Å². The third kappa shape index (κ3) is 4.39. The molecular formula is C21H18N2O3S. The molecule has 3 aromatic rings. The molecule has 1 aromatic carbocycles. The molecule has 0 amide bonds. The minimum Gasteiger partial charge on any atom is -0.465 e. The van der Waals surface area contributed by atoms with Gasteiger partial charge in [0.2, 0.25) is 0 Å². The van der Waals surface area contributed by atoms with Crippen molar-refractivity contribution in [1.82, 2.24) is 4.98 Å². The highest BCUT2D eigenvalue weighted by Crippen LogP contribution is 2.34. The molecule has 0 saturated heterocycles. The molecule has 0 aliphatic rings. The Morgan fingerprint density at radius 1 is 1.30 bits per heavy atom. The number of pyridine rings is 1. The summed E-state index contributed by atoms with van der Waals surface area (Å²) < 4.78 is 10.5. The normalized spacial score (nSPS) is 10.4. The molecule has 0 aliphatic heterocycles. The summed E-state index contributed by atoms with van der Waals surface area (Å²) >= 11 is 1.19. The van der Waals surface area contributed by atoms with E-state index in [0.29, 0.717) is 34.2 Å². The summed E-state index contributed by atoms with van der Waals surface area (Å²) in [6.07, 6.45) is 1.56. The zero-order chi connectivity index (χ0) is 19.2. The lowest BCUT2D eigenvalue weighted by molar-refractivity contribution is -0.139. The van der Waals surface area contributed by atoms with Crippen molar-refractivity contribution in [3.63, 3.8) is 0 Å². The molecule has 136 valence electrons. The molecule has 0 aliphatic carbocycles. The van der Waals surface area contributed by atoms with Crippen molar-refractivity contribution < 1.29 is 13.9 Å². The zero-order valence-corrected chi connectivity index (χ0v) is 15.9. The van der Waals surface area contributed by atoms with Crippen LogP contribution in [0.15, 0.2) is 58.2 Å². The van der Waals surface area contributed by atoms with Crippen LogP contribution in [0, 0.1) is 18.3 Å². The van der Waals surface area contributed by atoms with Gasteiger partial charge in [0, 0.05) is 11.1 Å². The Morgan fingerprint density at radius 3 is 2.70 bits per heavy atom. The van der Waals surface area contributed by atoms with Gasteiger partial charge in [-0.05, 0) is 32.0 Å². The molecule has 0 atom stereocenters. The fourth-order valence-corrected chi connectivity index (χ4v) is 3.36. The number of rotatable bonds is 6. The summed E-state index contributed by atoms with van der Waals surface area (Å²) in [7, 11) is 0. The Morgan fingerprint density at radius 2 is 2.07 bits per heavy atom. The van der Waals surface area contributed by atoms with Crippen LogP contribution in [0.3, 0.4) is 0 Å². The molecule has 5 nitrogen and oxygen atoms in total. The number of nitriles is 1. The van der Waals surface area contributed by atoms with E-state index in [1.54, 1.807) is 25.3 Å². The molecule has 0 unspecified atom stereocenters. The number of thioether (sulfide) groups is 1. The van der Waals surface area contributed by atoms with Crippen molar-refractivity contribution in [1.29, 1.82) is 5.26 Å². The number of ether oxygens (including phenoxy) is 1. The molecule has 0 spiro atoms. The van der Waals surface area contributed by atoms with E-state index in [9.17, 15) is 10.1 Å². The van der Waals surface area contributed by atoms with Crippen LogP contribution in [0.2, 0.25) is 0 Å². The zero-order valence-electron chi connectivity index (χ0n) is 15.1. The maximum absolute atomic E-state index is 11.7. The topological polar surface area (TPSA) is 76.1 Å². The molecule has 0 bridgehead atoms. The summed E-state index contributed by atoms with van der Waals surface area (Å²) in [6, 6.07) is 15.6.